The van der Waals surface area contributed by atoms with Gasteiger partial charge in [0.25, 0.3) is 5.91 Å². The minimum Gasteiger partial charge on any atom is -0.497 e. The third kappa shape index (κ3) is 5.08. The molecule has 10 heteroatoms. The predicted molar refractivity (Wildman–Crippen MR) is 147 cm³/mol. The van der Waals surface area contributed by atoms with Gasteiger partial charge in [0, 0.05) is 37.0 Å². The number of amides is 3. The normalized spacial score (nSPS) is 17.3. The second-order valence-corrected chi connectivity index (χ2v) is 10.9. The predicted octanol–water partition coefficient (Wildman–Crippen LogP) is 3.62. The lowest BCUT2D eigenvalue weighted by Crippen LogP contribution is -2.57. The zero-order valence-corrected chi connectivity index (χ0v) is 23.0. The number of nitrogens with zero attached hydrogens (tertiary/aromatic N) is 5. The van der Waals surface area contributed by atoms with Gasteiger partial charge in [-0.25, -0.2) is 9.78 Å². The van der Waals surface area contributed by atoms with Gasteiger partial charge in [-0.15, -0.1) is 0 Å². The van der Waals surface area contributed by atoms with Crippen LogP contribution in [0.3, 0.4) is 0 Å². The number of anilines is 1. The molecule has 2 N–H and O–H groups in total. The van der Waals surface area contributed by atoms with Gasteiger partial charge < -0.3 is 19.6 Å². The summed E-state index contributed by atoms with van der Waals surface area (Å²) in [5.74, 6) is 1.06. The van der Waals surface area contributed by atoms with Gasteiger partial charge in [0.1, 0.15) is 17.2 Å². The van der Waals surface area contributed by atoms with Crippen LogP contribution in [0.25, 0.3) is 11.1 Å². The minimum atomic E-state index is -1.43. The van der Waals surface area contributed by atoms with E-state index in [1.807, 2.05) is 54.4 Å². The van der Waals surface area contributed by atoms with E-state index in [0.717, 1.165) is 28.1 Å². The highest BCUT2D eigenvalue weighted by atomic mass is 16.5. The van der Waals surface area contributed by atoms with Crippen LogP contribution in [0.15, 0.2) is 48.8 Å². The van der Waals surface area contributed by atoms with Gasteiger partial charge in [-0.1, -0.05) is 19.1 Å². The fourth-order valence-corrected chi connectivity index (χ4v) is 5.68. The average Bonchev–Trinajstić information content (AvgIpc) is 3.56. The number of carbonyl (C=O) groups excluding carboxylic acids is 2. The van der Waals surface area contributed by atoms with Crippen LogP contribution in [-0.2, 0) is 17.8 Å². The van der Waals surface area contributed by atoms with E-state index in [9.17, 15) is 14.7 Å². The maximum atomic E-state index is 14.1. The molecule has 2 fully saturated rings. The molecule has 0 unspecified atom stereocenters. The maximum Gasteiger partial charge on any atom is 0.326 e. The van der Waals surface area contributed by atoms with E-state index in [1.54, 1.807) is 23.1 Å². The second kappa shape index (κ2) is 10.3. The summed E-state index contributed by atoms with van der Waals surface area (Å²) < 4.78 is 5.41. The number of H-pyrrole nitrogens is 1. The highest BCUT2D eigenvalue weighted by Crippen LogP contribution is 2.40. The Hall–Kier alpha value is -3.92. The summed E-state index contributed by atoms with van der Waals surface area (Å²) >= 11 is 0. The number of nitrogens with one attached hydrogen (secondary N) is 1. The number of hydrogen-bond acceptors (Lipinski definition) is 6. The van der Waals surface area contributed by atoms with E-state index >= 15 is 0 Å². The summed E-state index contributed by atoms with van der Waals surface area (Å²) in [5.41, 5.74) is 1.90. The molecule has 0 atom stereocenters. The molecule has 2 aliphatic rings. The van der Waals surface area contributed by atoms with Crippen LogP contribution in [0.5, 0.6) is 5.75 Å². The summed E-state index contributed by atoms with van der Waals surface area (Å²) in [6.07, 6.45) is 5.53. The zero-order valence-electron chi connectivity index (χ0n) is 23.0. The molecule has 5 rings (SSSR count). The van der Waals surface area contributed by atoms with Crippen molar-refractivity contribution >= 4 is 17.8 Å². The van der Waals surface area contributed by atoms with E-state index in [0.29, 0.717) is 51.3 Å². The summed E-state index contributed by atoms with van der Waals surface area (Å²) in [4.78, 5) is 37.2. The molecule has 0 bridgehead atoms. The SMILES string of the molecule is CCc1nc(N2CC3(CCN(C(=O)C(C)(C)O)CC3)N(Cc3cccc(OC)c3)C2=O)ccc1-c1cn[nH]c1. The third-order valence-corrected chi connectivity index (χ3v) is 7.85. The Bertz CT molecular complexity index is 1340. The van der Waals surface area contributed by atoms with Crippen LogP contribution < -0.4 is 9.64 Å². The van der Waals surface area contributed by atoms with Crippen LogP contribution in [-0.4, -0.2) is 79.9 Å². The first kappa shape index (κ1) is 26.7. The van der Waals surface area contributed by atoms with E-state index < -0.39 is 11.1 Å². The Kier molecular flexibility index (Phi) is 7.07. The number of urea groups is 1. The van der Waals surface area contributed by atoms with Gasteiger partial charge in [0.2, 0.25) is 0 Å². The highest BCUT2D eigenvalue weighted by Gasteiger charge is 2.52. The van der Waals surface area contributed by atoms with Crippen molar-refractivity contribution in [2.75, 3.05) is 31.6 Å². The fraction of sp³-hybridized carbons (Fsp3) is 0.448. The number of piperidine rings is 1. The van der Waals surface area contributed by atoms with Gasteiger partial charge >= 0.3 is 6.03 Å². The zero-order chi connectivity index (χ0) is 27.8. The lowest BCUT2D eigenvalue weighted by molar-refractivity contribution is -0.150. The number of likely N-dealkylation sites (tertiary alicyclic amines) is 1. The first-order chi connectivity index (χ1) is 18.6. The van der Waals surface area contributed by atoms with Gasteiger partial charge in [0.15, 0.2) is 0 Å². The van der Waals surface area contributed by atoms with Gasteiger partial charge in [-0.2, -0.15) is 5.10 Å². The molecular formula is C29H36N6O4. The number of aliphatic hydroxyl groups is 1. The molecule has 10 nitrogen and oxygen atoms in total. The van der Waals surface area contributed by atoms with E-state index in [-0.39, 0.29) is 11.9 Å². The van der Waals surface area contributed by atoms with Crippen molar-refractivity contribution in [1.29, 1.82) is 0 Å². The largest absolute Gasteiger partial charge is 0.497 e. The molecule has 3 amide bonds. The van der Waals surface area contributed by atoms with Crippen LogP contribution in [0.2, 0.25) is 0 Å². The Labute approximate surface area is 228 Å². The molecule has 2 aromatic heterocycles. The number of aromatic nitrogens is 3. The Morgan fingerprint density at radius 3 is 2.62 bits per heavy atom. The fourth-order valence-electron chi connectivity index (χ4n) is 5.68. The average molecular weight is 533 g/mol. The molecule has 0 aliphatic carbocycles. The summed E-state index contributed by atoms with van der Waals surface area (Å²) in [6.45, 7) is 6.89. The number of hydrogen-bond donors (Lipinski definition) is 2. The van der Waals surface area contributed by atoms with E-state index in [4.69, 9.17) is 9.72 Å². The van der Waals surface area contributed by atoms with Crippen molar-refractivity contribution in [2.45, 2.75) is 57.7 Å². The van der Waals surface area contributed by atoms with Crippen molar-refractivity contribution in [3.8, 4) is 16.9 Å². The standard InChI is InChI=1S/C29H36N6O4/c1-5-24-23(21-16-30-31-17-21)9-10-25(32-24)34-19-29(11-13-33(14-12-29)26(36)28(2,3)38)35(27(34)37)18-20-7-6-8-22(15-20)39-4/h6-10,15-17,38H,5,11-14,18-19H2,1-4H3,(H,30,31). The molecule has 4 heterocycles. The highest BCUT2D eigenvalue weighted by molar-refractivity contribution is 5.95. The lowest BCUT2D eigenvalue weighted by atomic mass is 9.85. The monoisotopic (exact) mass is 532 g/mol. The molecular weight excluding hydrogens is 496 g/mol. The van der Waals surface area contributed by atoms with Gasteiger partial charge in [-0.3, -0.25) is 14.8 Å². The molecule has 2 saturated heterocycles. The maximum absolute atomic E-state index is 14.1. The number of rotatable bonds is 7. The summed E-state index contributed by atoms with van der Waals surface area (Å²) in [5, 5.41) is 17.2. The minimum absolute atomic E-state index is 0.106. The number of ether oxygens (including phenoxy) is 1. The van der Waals surface area contributed by atoms with Crippen molar-refractivity contribution < 1.29 is 19.4 Å². The quantitative estimate of drug-likeness (QED) is 0.480. The van der Waals surface area contributed by atoms with Crippen LogP contribution in [0, 0.1) is 0 Å². The van der Waals surface area contributed by atoms with Crippen LogP contribution in [0.1, 0.15) is 44.9 Å². The first-order valence-corrected chi connectivity index (χ1v) is 13.4. The molecule has 2 aliphatic heterocycles. The van der Waals surface area contributed by atoms with Crippen molar-refractivity contribution in [3.63, 3.8) is 0 Å². The molecule has 0 radical (unpaired) electrons. The van der Waals surface area contributed by atoms with Gasteiger partial charge in [-0.05, 0) is 62.9 Å². The molecule has 1 spiro atoms. The Balaban J connectivity index is 1.47. The van der Waals surface area contributed by atoms with Gasteiger partial charge in [0.05, 0.1) is 31.1 Å². The van der Waals surface area contributed by atoms with Crippen molar-refractivity contribution in [1.82, 2.24) is 25.0 Å². The molecule has 206 valence electrons. The van der Waals surface area contributed by atoms with Crippen LogP contribution in [0.4, 0.5) is 10.6 Å². The molecule has 3 aromatic rings. The number of aromatic amines is 1. The lowest BCUT2D eigenvalue weighted by Gasteiger charge is -2.44. The number of pyridine rings is 1. The van der Waals surface area contributed by atoms with Crippen LogP contribution >= 0.6 is 0 Å². The smallest absolute Gasteiger partial charge is 0.326 e. The summed E-state index contributed by atoms with van der Waals surface area (Å²) in [7, 11) is 1.63. The van der Waals surface area contributed by atoms with Crippen molar-refractivity contribution in [2.24, 2.45) is 0 Å². The second-order valence-electron chi connectivity index (χ2n) is 10.9. The third-order valence-electron chi connectivity index (χ3n) is 7.85. The topological polar surface area (TPSA) is 115 Å². The number of benzene rings is 1. The Morgan fingerprint density at radius 1 is 1.21 bits per heavy atom. The number of methoxy groups -OCH3 is 1. The summed E-state index contributed by atoms with van der Waals surface area (Å²) in [6, 6.07) is 11.5. The molecule has 0 saturated carbocycles. The Morgan fingerprint density at radius 2 is 1.97 bits per heavy atom. The number of carbonyl (C=O) groups is 2. The van der Waals surface area contributed by atoms with E-state index in [1.165, 1.54) is 13.8 Å². The van der Waals surface area contributed by atoms with E-state index in [2.05, 4.69) is 10.2 Å². The molecule has 1 aromatic carbocycles. The van der Waals surface area contributed by atoms with Crippen molar-refractivity contribution in [3.05, 3.63) is 60.0 Å². The first-order valence-electron chi connectivity index (χ1n) is 13.4. The number of aryl methyl sites for hydroxylation is 1. The molecule has 39 heavy (non-hydrogen) atoms.